The van der Waals surface area contributed by atoms with Crippen LogP contribution < -0.4 is 14.8 Å². The van der Waals surface area contributed by atoms with E-state index < -0.39 is 0 Å². The molecule has 128 valence electrons. The van der Waals surface area contributed by atoms with Crippen molar-refractivity contribution in [3.63, 3.8) is 0 Å². The second-order valence-electron chi connectivity index (χ2n) is 5.31. The van der Waals surface area contributed by atoms with E-state index in [0.717, 1.165) is 0 Å². The summed E-state index contributed by atoms with van der Waals surface area (Å²) in [6.45, 7) is 0. The summed E-state index contributed by atoms with van der Waals surface area (Å²) in [6.07, 6.45) is 3.03. The van der Waals surface area contributed by atoms with Gasteiger partial charge in [0.2, 0.25) is 0 Å². The maximum absolute atomic E-state index is 12.4. The summed E-state index contributed by atoms with van der Waals surface area (Å²) in [5.41, 5.74) is 1.02. The molecule has 0 aliphatic heterocycles. The number of aryl methyl sites for hydroxylation is 1. The van der Waals surface area contributed by atoms with Gasteiger partial charge in [0.05, 0.1) is 37.2 Å². The van der Waals surface area contributed by atoms with E-state index in [1.165, 1.54) is 30.0 Å². The fourth-order valence-electron chi connectivity index (χ4n) is 2.13. The lowest BCUT2D eigenvalue weighted by molar-refractivity contribution is 0.0828. The highest BCUT2D eigenvalue weighted by atomic mass is 16.5. The minimum atomic E-state index is -0.372. The van der Waals surface area contributed by atoms with E-state index in [9.17, 15) is 9.59 Å². The lowest BCUT2D eigenvalue weighted by Gasteiger charge is -2.17. The Kier molecular flexibility index (Phi) is 5.08. The number of anilines is 1. The molecular weight excluding hydrogens is 312 g/mol. The molecule has 1 aromatic heterocycles. The van der Waals surface area contributed by atoms with Gasteiger partial charge in [-0.15, -0.1) is 0 Å². The van der Waals surface area contributed by atoms with E-state index >= 15 is 0 Å². The Morgan fingerprint density at radius 3 is 2.29 bits per heavy atom. The van der Waals surface area contributed by atoms with Crippen LogP contribution >= 0.6 is 0 Å². The van der Waals surface area contributed by atoms with Crippen LogP contribution in [0.15, 0.2) is 24.5 Å². The molecule has 2 aromatic rings. The van der Waals surface area contributed by atoms with Crippen molar-refractivity contribution in [3.05, 3.63) is 35.7 Å². The zero-order chi connectivity index (χ0) is 17.9. The molecule has 24 heavy (non-hydrogen) atoms. The van der Waals surface area contributed by atoms with E-state index in [1.807, 2.05) is 0 Å². The van der Waals surface area contributed by atoms with Crippen LogP contribution in [-0.4, -0.2) is 54.8 Å². The molecule has 0 saturated carbocycles. The number of amides is 2. The largest absolute Gasteiger partial charge is 0.493 e. The standard InChI is InChI=1S/C16H20N4O4/c1-19(2)16(22)11-6-13(23-4)14(24-5)7-12(11)18-15(21)10-8-17-20(3)9-10/h6-9H,1-5H3,(H,18,21). The van der Waals surface area contributed by atoms with Crippen molar-refractivity contribution in [3.8, 4) is 11.5 Å². The summed E-state index contributed by atoms with van der Waals surface area (Å²) in [4.78, 5) is 26.2. The van der Waals surface area contributed by atoms with Crippen LogP contribution in [0, 0.1) is 0 Å². The van der Waals surface area contributed by atoms with Gasteiger partial charge >= 0.3 is 0 Å². The molecule has 2 rings (SSSR count). The van der Waals surface area contributed by atoms with E-state index in [2.05, 4.69) is 10.4 Å². The first-order chi connectivity index (χ1) is 11.4. The number of hydrogen-bond acceptors (Lipinski definition) is 5. The Labute approximate surface area is 140 Å². The molecular formula is C16H20N4O4. The van der Waals surface area contributed by atoms with Crippen LogP contribution in [0.1, 0.15) is 20.7 Å². The Morgan fingerprint density at radius 2 is 1.79 bits per heavy atom. The Balaban J connectivity index is 2.45. The van der Waals surface area contributed by atoms with E-state index in [-0.39, 0.29) is 11.8 Å². The van der Waals surface area contributed by atoms with Crippen molar-refractivity contribution in [2.75, 3.05) is 33.6 Å². The Bertz CT molecular complexity index is 767. The molecule has 1 N–H and O–H groups in total. The highest BCUT2D eigenvalue weighted by Crippen LogP contribution is 2.34. The van der Waals surface area contributed by atoms with Gasteiger partial charge in [-0.1, -0.05) is 0 Å². The molecule has 0 aliphatic carbocycles. The first-order valence-corrected chi connectivity index (χ1v) is 7.15. The summed E-state index contributed by atoms with van der Waals surface area (Å²) in [5, 5.41) is 6.69. The zero-order valence-electron chi connectivity index (χ0n) is 14.3. The SMILES string of the molecule is COc1cc(NC(=O)c2cnn(C)c2)c(C(=O)N(C)C)cc1OC. The molecule has 0 bridgehead atoms. The van der Waals surface area contributed by atoms with Crippen molar-refractivity contribution in [2.24, 2.45) is 7.05 Å². The van der Waals surface area contributed by atoms with Crippen molar-refractivity contribution in [1.29, 1.82) is 0 Å². The third kappa shape index (κ3) is 3.48. The maximum atomic E-state index is 12.4. The molecule has 0 unspecified atom stereocenters. The molecule has 0 saturated heterocycles. The van der Waals surface area contributed by atoms with Gasteiger partial charge in [0.1, 0.15) is 0 Å². The lowest BCUT2D eigenvalue weighted by Crippen LogP contribution is -2.24. The van der Waals surface area contributed by atoms with Crippen molar-refractivity contribution in [2.45, 2.75) is 0 Å². The number of benzene rings is 1. The molecule has 0 spiro atoms. The topological polar surface area (TPSA) is 85.7 Å². The predicted molar refractivity (Wildman–Crippen MR) is 88.7 cm³/mol. The van der Waals surface area contributed by atoms with Gasteiger partial charge in [0.15, 0.2) is 11.5 Å². The average molecular weight is 332 g/mol. The maximum Gasteiger partial charge on any atom is 0.258 e. The van der Waals surface area contributed by atoms with Crippen LogP contribution in [-0.2, 0) is 7.05 Å². The quantitative estimate of drug-likeness (QED) is 0.894. The van der Waals surface area contributed by atoms with E-state index in [0.29, 0.717) is 28.3 Å². The molecule has 1 aromatic carbocycles. The summed E-state index contributed by atoms with van der Waals surface area (Å²) in [6, 6.07) is 3.10. The first-order valence-electron chi connectivity index (χ1n) is 7.15. The number of ether oxygens (including phenoxy) is 2. The minimum Gasteiger partial charge on any atom is -0.493 e. The van der Waals surface area contributed by atoms with Gasteiger partial charge in [0.25, 0.3) is 11.8 Å². The number of carbonyl (C=O) groups is 2. The van der Waals surface area contributed by atoms with Crippen LogP contribution in [0.3, 0.4) is 0 Å². The highest BCUT2D eigenvalue weighted by molar-refractivity contribution is 6.09. The summed E-state index contributed by atoms with van der Waals surface area (Å²) in [7, 11) is 7.94. The van der Waals surface area contributed by atoms with Gasteiger partial charge in [-0.25, -0.2) is 0 Å². The van der Waals surface area contributed by atoms with Gasteiger partial charge < -0.3 is 19.7 Å². The van der Waals surface area contributed by atoms with Crippen LogP contribution in [0.25, 0.3) is 0 Å². The molecule has 8 heteroatoms. The molecule has 2 amide bonds. The third-order valence-electron chi connectivity index (χ3n) is 3.38. The molecule has 0 fully saturated rings. The third-order valence-corrected chi connectivity index (χ3v) is 3.38. The van der Waals surface area contributed by atoms with Gasteiger partial charge in [-0.3, -0.25) is 14.3 Å². The van der Waals surface area contributed by atoms with Crippen LogP contribution in [0.5, 0.6) is 11.5 Å². The number of aromatic nitrogens is 2. The molecule has 8 nitrogen and oxygen atoms in total. The summed E-state index contributed by atoms with van der Waals surface area (Å²) >= 11 is 0. The predicted octanol–water partition coefficient (Wildman–Crippen LogP) is 1.39. The highest BCUT2D eigenvalue weighted by Gasteiger charge is 2.20. The fourth-order valence-corrected chi connectivity index (χ4v) is 2.13. The molecule has 1 heterocycles. The molecule has 0 atom stereocenters. The average Bonchev–Trinajstić information content (AvgIpc) is 3.00. The van der Waals surface area contributed by atoms with Crippen molar-refractivity contribution >= 4 is 17.5 Å². The number of methoxy groups -OCH3 is 2. The smallest absolute Gasteiger partial charge is 0.258 e. The van der Waals surface area contributed by atoms with Crippen molar-refractivity contribution < 1.29 is 19.1 Å². The number of rotatable bonds is 5. The second-order valence-corrected chi connectivity index (χ2v) is 5.31. The summed E-state index contributed by atoms with van der Waals surface area (Å²) < 4.78 is 12.0. The second kappa shape index (κ2) is 7.03. The number of carbonyl (C=O) groups excluding carboxylic acids is 2. The van der Waals surface area contributed by atoms with Gasteiger partial charge in [0, 0.05) is 33.4 Å². The number of nitrogens with one attached hydrogen (secondary N) is 1. The first kappa shape index (κ1) is 17.3. The van der Waals surface area contributed by atoms with Crippen LogP contribution in [0.2, 0.25) is 0 Å². The van der Waals surface area contributed by atoms with E-state index in [4.69, 9.17) is 9.47 Å². The van der Waals surface area contributed by atoms with Gasteiger partial charge in [-0.2, -0.15) is 5.10 Å². The normalized spacial score (nSPS) is 10.2. The van der Waals surface area contributed by atoms with Crippen LogP contribution in [0.4, 0.5) is 5.69 Å². The molecule has 0 radical (unpaired) electrons. The zero-order valence-corrected chi connectivity index (χ0v) is 14.3. The number of nitrogens with zero attached hydrogens (tertiary/aromatic N) is 3. The fraction of sp³-hybridized carbons (Fsp3) is 0.312. The Morgan fingerprint density at radius 1 is 1.17 bits per heavy atom. The Hall–Kier alpha value is -3.03. The van der Waals surface area contributed by atoms with E-state index in [1.54, 1.807) is 39.5 Å². The lowest BCUT2D eigenvalue weighted by atomic mass is 10.1. The molecule has 0 aliphatic rings. The van der Waals surface area contributed by atoms with Gasteiger partial charge in [-0.05, 0) is 6.07 Å². The minimum absolute atomic E-state index is 0.266. The monoisotopic (exact) mass is 332 g/mol. The van der Waals surface area contributed by atoms with Crippen molar-refractivity contribution in [1.82, 2.24) is 14.7 Å². The number of hydrogen-bond donors (Lipinski definition) is 1. The summed E-state index contributed by atoms with van der Waals surface area (Å²) in [5.74, 6) is 0.178.